The molecule has 0 aromatic carbocycles. The van der Waals surface area contributed by atoms with E-state index in [2.05, 4.69) is 9.97 Å². The first-order chi connectivity index (χ1) is 8.49. The van der Waals surface area contributed by atoms with Crippen LogP contribution in [0.25, 0.3) is 0 Å². The molecule has 2 aromatic heterocycles. The molecular formula is C11H11N3O3S. The number of carbonyl (C=O) groups is 1. The quantitative estimate of drug-likeness (QED) is 0.821. The van der Waals surface area contributed by atoms with E-state index in [0.717, 1.165) is 16.5 Å². The number of carbonyl (C=O) groups excluding carboxylic acids is 1. The molecule has 2 rings (SSSR count). The number of aryl methyl sites for hydroxylation is 1. The second-order valence-electron chi connectivity index (χ2n) is 3.84. The molecular weight excluding hydrogens is 254 g/mol. The van der Waals surface area contributed by atoms with E-state index in [0.29, 0.717) is 5.01 Å². The summed E-state index contributed by atoms with van der Waals surface area (Å²) in [6, 6.07) is 0. The number of H-pyrrole nitrogens is 1. The minimum absolute atomic E-state index is 0.0251. The van der Waals surface area contributed by atoms with Crippen molar-refractivity contribution < 1.29 is 4.79 Å². The van der Waals surface area contributed by atoms with Crippen molar-refractivity contribution in [3.8, 4) is 0 Å². The van der Waals surface area contributed by atoms with Gasteiger partial charge < -0.3 is 4.98 Å². The topological polar surface area (TPSA) is 84.8 Å². The maximum Gasteiger partial charge on any atom is 0.328 e. The summed E-state index contributed by atoms with van der Waals surface area (Å²) in [6.07, 6.45) is 1.15. The minimum atomic E-state index is -0.584. The van der Waals surface area contributed by atoms with Crippen LogP contribution < -0.4 is 11.2 Å². The van der Waals surface area contributed by atoms with Gasteiger partial charge in [-0.05, 0) is 13.8 Å². The van der Waals surface area contributed by atoms with E-state index in [-0.39, 0.29) is 17.9 Å². The van der Waals surface area contributed by atoms with E-state index >= 15 is 0 Å². The fourth-order valence-electron chi connectivity index (χ4n) is 1.52. The van der Waals surface area contributed by atoms with Crippen LogP contribution in [0.15, 0.2) is 21.2 Å². The lowest BCUT2D eigenvalue weighted by Crippen LogP contribution is -2.37. The van der Waals surface area contributed by atoms with E-state index in [9.17, 15) is 14.4 Å². The zero-order valence-corrected chi connectivity index (χ0v) is 10.7. The lowest BCUT2D eigenvalue weighted by atomic mass is 10.2. The van der Waals surface area contributed by atoms with Crippen LogP contribution in [0, 0.1) is 6.92 Å². The van der Waals surface area contributed by atoms with Gasteiger partial charge in [-0.3, -0.25) is 14.2 Å². The monoisotopic (exact) mass is 265 g/mol. The molecule has 0 saturated carbocycles. The van der Waals surface area contributed by atoms with Crippen molar-refractivity contribution >= 4 is 17.1 Å². The summed E-state index contributed by atoms with van der Waals surface area (Å²) >= 11 is 1.37. The van der Waals surface area contributed by atoms with Gasteiger partial charge in [-0.2, -0.15) is 0 Å². The Morgan fingerprint density at radius 3 is 2.78 bits per heavy atom. The van der Waals surface area contributed by atoms with Gasteiger partial charge in [0.05, 0.1) is 12.1 Å². The lowest BCUT2D eigenvalue weighted by molar-refractivity contribution is 0.101. The summed E-state index contributed by atoms with van der Waals surface area (Å²) in [6.45, 7) is 3.19. The molecule has 0 aliphatic heterocycles. The second-order valence-corrected chi connectivity index (χ2v) is 4.78. The van der Waals surface area contributed by atoms with E-state index in [1.54, 1.807) is 0 Å². The molecule has 7 heteroatoms. The molecule has 2 heterocycles. The maximum absolute atomic E-state index is 11.9. The summed E-state index contributed by atoms with van der Waals surface area (Å²) in [5.74, 6) is -0.375. The molecule has 0 unspecified atom stereocenters. The van der Waals surface area contributed by atoms with Gasteiger partial charge in [-0.15, -0.1) is 11.3 Å². The Balaban J connectivity index is 2.50. The maximum atomic E-state index is 11.9. The molecule has 0 fully saturated rings. The van der Waals surface area contributed by atoms with Gasteiger partial charge >= 0.3 is 5.69 Å². The zero-order valence-electron chi connectivity index (χ0n) is 9.89. The molecule has 18 heavy (non-hydrogen) atoms. The van der Waals surface area contributed by atoms with Crippen LogP contribution in [-0.2, 0) is 6.54 Å². The molecule has 0 aliphatic carbocycles. The highest BCUT2D eigenvalue weighted by Gasteiger charge is 2.12. The number of ketones is 1. The fraction of sp³-hybridized carbons (Fsp3) is 0.273. The van der Waals surface area contributed by atoms with Crippen molar-refractivity contribution in [2.24, 2.45) is 0 Å². The third kappa shape index (κ3) is 2.30. The average Bonchev–Trinajstić information content (AvgIpc) is 2.69. The van der Waals surface area contributed by atoms with Gasteiger partial charge in [0.25, 0.3) is 5.56 Å². The summed E-state index contributed by atoms with van der Waals surface area (Å²) in [5, 5.41) is 2.49. The molecule has 0 saturated heterocycles. The average molecular weight is 265 g/mol. The smallest absolute Gasteiger partial charge is 0.313 e. The molecule has 0 radical (unpaired) electrons. The minimum Gasteiger partial charge on any atom is -0.313 e. The predicted molar refractivity (Wildman–Crippen MR) is 67.3 cm³/mol. The van der Waals surface area contributed by atoms with Gasteiger partial charge in [-0.25, -0.2) is 9.78 Å². The van der Waals surface area contributed by atoms with Crippen LogP contribution >= 0.6 is 11.3 Å². The van der Waals surface area contributed by atoms with Crippen molar-refractivity contribution in [1.29, 1.82) is 0 Å². The van der Waals surface area contributed by atoms with Gasteiger partial charge in [-0.1, -0.05) is 0 Å². The molecule has 2 aromatic rings. The third-order valence-electron chi connectivity index (χ3n) is 2.40. The highest BCUT2D eigenvalue weighted by atomic mass is 32.1. The number of hydrogen-bond donors (Lipinski definition) is 1. The Labute approximate surface area is 106 Å². The van der Waals surface area contributed by atoms with E-state index in [4.69, 9.17) is 0 Å². The molecule has 0 atom stereocenters. The van der Waals surface area contributed by atoms with Gasteiger partial charge in [0, 0.05) is 17.3 Å². The third-order valence-corrected chi connectivity index (χ3v) is 3.35. The summed E-state index contributed by atoms with van der Waals surface area (Å²) < 4.78 is 0.981. The first-order valence-corrected chi connectivity index (χ1v) is 6.11. The first-order valence-electron chi connectivity index (χ1n) is 5.23. The molecule has 0 spiro atoms. The molecule has 6 nitrogen and oxygen atoms in total. The number of hydrogen-bond acceptors (Lipinski definition) is 5. The number of rotatable bonds is 3. The van der Waals surface area contributed by atoms with Crippen molar-refractivity contribution in [1.82, 2.24) is 14.5 Å². The van der Waals surface area contributed by atoms with Crippen molar-refractivity contribution in [3.63, 3.8) is 0 Å². The number of thiazole rings is 1. The van der Waals surface area contributed by atoms with Crippen LogP contribution in [-0.4, -0.2) is 20.3 Å². The molecule has 0 aliphatic rings. The number of aromatic amines is 1. The number of nitrogens with one attached hydrogen (secondary N) is 1. The Hall–Kier alpha value is -2.02. The first kappa shape index (κ1) is 12.4. The number of aromatic nitrogens is 3. The number of nitrogens with zero attached hydrogens (tertiary/aromatic N) is 2. The van der Waals surface area contributed by atoms with E-state index in [1.165, 1.54) is 18.3 Å². The normalized spacial score (nSPS) is 10.6. The van der Waals surface area contributed by atoms with Gasteiger partial charge in [0.2, 0.25) is 0 Å². The highest BCUT2D eigenvalue weighted by molar-refractivity contribution is 7.09. The predicted octanol–water partition coefficient (Wildman–Crippen LogP) is 0.552. The standard InChI is InChI=1S/C11H11N3O3S/c1-6-5-18-9(13-6)4-14-10(16)8(7(2)15)3-12-11(14)17/h3,5H,4H2,1-2H3,(H,12,17). The molecule has 94 valence electrons. The van der Waals surface area contributed by atoms with E-state index in [1.807, 2.05) is 12.3 Å². The molecule has 0 amide bonds. The Kier molecular flexibility index (Phi) is 3.24. The van der Waals surface area contributed by atoms with Gasteiger partial charge in [0.15, 0.2) is 5.78 Å². The van der Waals surface area contributed by atoms with E-state index < -0.39 is 11.2 Å². The SMILES string of the molecule is CC(=O)c1c[nH]c(=O)n(Cc2nc(C)cs2)c1=O. The lowest BCUT2D eigenvalue weighted by Gasteiger charge is -2.03. The highest BCUT2D eigenvalue weighted by Crippen LogP contribution is 2.08. The molecule has 1 N–H and O–H groups in total. The van der Waals surface area contributed by atoms with Crippen LogP contribution in [0.5, 0.6) is 0 Å². The summed E-state index contributed by atoms with van der Waals surface area (Å²) in [5.41, 5.74) is -0.318. The van der Waals surface area contributed by atoms with Crippen LogP contribution in [0.1, 0.15) is 28.0 Å². The van der Waals surface area contributed by atoms with Crippen molar-refractivity contribution in [2.45, 2.75) is 20.4 Å². The van der Waals surface area contributed by atoms with Crippen LogP contribution in [0.2, 0.25) is 0 Å². The van der Waals surface area contributed by atoms with Gasteiger partial charge in [0.1, 0.15) is 5.01 Å². The Morgan fingerprint density at radius 2 is 2.22 bits per heavy atom. The van der Waals surface area contributed by atoms with Crippen LogP contribution in [0.3, 0.4) is 0 Å². The number of Topliss-reactive ketones (excluding diaryl/α,β-unsaturated/α-hetero) is 1. The Morgan fingerprint density at radius 1 is 1.50 bits per heavy atom. The fourth-order valence-corrected chi connectivity index (χ4v) is 2.28. The van der Waals surface area contributed by atoms with Crippen molar-refractivity contribution in [2.75, 3.05) is 0 Å². The second kappa shape index (κ2) is 4.69. The molecule has 0 bridgehead atoms. The summed E-state index contributed by atoms with van der Waals surface area (Å²) in [4.78, 5) is 41.3. The summed E-state index contributed by atoms with van der Waals surface area (Å²) in [7, 11) is 0. The zero-order chi connectivity index (χ0) is 13.3. The largest absolute Gasteiger partial charge is 0.328 e. The van der Waals surface area contributed by atoms with Crippen molar-refractivity contribution in [3.05, 3.63) is 48.7 Å². The Bertz CT molecular complexity index is 711. The van der Waals surface area contributed by atoms with Crippen LogP contribution in [0.4, 0.5) is 0 Å².